The zero-order valence-corrected chi connectivity index (χ0v) is 11.4. The lowest BCUT2D eigenvalue weighted by atomic mass is 10.5. The molecule has 0 radical (unpaired) electrons. The van der Waals surface area contributed by atoms with Crippen molar-refractivity contribution in [3.05, 3.63) is 29.7 Å². The van der Waals surface area contributed by atoms with Crippen molar-refractivity contribution in [1.29, 1.82) is 0 Å². The van der Waals surface area contributed by atoms with Crippen molar-refractivity contribution in [3.63, 3.8) is 0 Å². The van der Waals surface area contributed by atoms with E-state index in [2.05, 4.69) is 20.2 Å². The van der Waals surface area contributed by atoms with Crippen LogP contribution in [0.5, 0.6) is 0 Å². The van der Waals surface area contributed by atoms with Gasteiger partial charge in [0.1, 0.15) is 4.90 Å². The van der Waals surface area contributed by atoms with Gasteiger partial charge in [0.15, 0.2) is 5.82 Å². The maximum Gasteiger partial charge on any atom is 0.263 e. The van der Waals surface area contributed by atoms with E-state index in [9.17, 15) is 8.42 Å². The van der Waals surface area contributed by atoms with Gasteiger partial charge in [-0.2, -0.15) is 5.10 Å². The number of anilines is 2. The van der Waals surface area contributed by atoms with Crippen molar-refractivity contribution < 1.29 is 8.42 Å². The van der Waals surface area contributed by atoms with Gasteiger partial charge in [-0.3, -0.25) is 9.40 Å². The molecule has 0 saturated heterocycles. The fourth-order valence-electron chi connectivity index (χ4n) is 1.36. The van der Waals surface area contributed by atoms with Crippen LogP contribution in [0.3, 0.4) is 0 Å². The Morgan fingerprint density at radius 3 is 2.68 bits per heavy atom. The Balaban J connectivity index is 2.31. The normalized spacial score (nSPS) is 11.3. The highest BCUT2D eigenvalue weighted by molar-refractivity contribution is 7.92. The van der Waals surface area contributed by atoms with E-state index in [1.54, 1.807) is 7.05 Å². The first-order chi connectivity index (χ1) is 8.92. The molecule has 0 aliphatic carbocycles. The third kappa shape index (κ3) is 2.95. The third-order valence-electron chi connectivity index (χ3n) is 2.22. The van der Waals surface area contributed by atoms with Crippen LogP contribution in [0.25, 0.3) is 0 Å². The number of nitrogens with zero attached hydrogens (tertiary/aromatic N) is 3. The minimum atomic E-state index is -3.77. The molecule has 0 aliphatic heterocycles. The summed E-state index contributed by atoms with van der Waals surface area (Å²) in [6, 6.07) is 1.25. The number of aryl methyl sites for hydroxylation is 1. The molecule has 0 fully saturated rings. The largest absolute Gasteiger partial charge is 0.307 e. The van der Waals surface area contributed by atoms with Crippen LogP contribution in [-0.4, -0.2) is 23.2 Å². The summed E-state index contributed by atoms with van der Waals surface area (Å²) in [4.78, 5) is 3.73. The van der Waals surface area contributed by atoms with E-state index in [1.807, 2.05) is 0 Å². The van der Waals surface area contributed by atoms with Crippen LogP contribution < -0.4 is 16.0 Å². The fourth-order valence-corrected chi connectivity index (χ4v) is 2.65. The number of nitrogen functional groups attached to an aromatic ring is 1. The molecule has 19 heavy (non-hydrogen) atoms. The van der Waals surface area contributed by atoms with E-state index in [1.165, 1.54) is 23.1 Å². The molecule has 0 bridgehead atoms. The second kappa shape index (κ2) is 5.03. The summed E-state index contributed by atoms with van der Waals surface area (Å²) in [7, 11) is -2.09. The van der Waals surface area contributed by atoms with Crippen LogP contribution in [0.1, 0.15) is 0 Å². The van der Waals surface area contributed by atoms with Gasteiger partial charge in [-0.15, -0.1) is 0 Å². The molecule has 2 aromatic heterocycles. The molecule has 2 rings (SSSR count). The molecule has 0 spiro atoms. The molecule has 102 valence electrons. The molecule has 0 amide bonds. The molecule has 4 N–H and O–H groups in total. The van der Waals surface area contributed by atoms with Gasteiger partial charge in [-0.1, -0.05) is 11.6 Å². The Morgan fingerprint density at radius 2 is 2.16 bits per heavy atom. The van der Waals surface area contributed by atoms with Crippen LogP contribution in [0, 0.1) is 0 Å². The van der Waals surface area contributed by atoms with E-state index in [0.29, 0.717) is 5.69 Å². The second-order valence-electron chi connectivity index (χ2n) is 3.65. The Hall–Kier alpha value is -1.84. The number of aromatic nitrogens is 3. The number of nitrogens with one attached hydrogen (secondary N) is 2. The minimum absolute atomic E-state index is 0.0691. The van der Waals surface area contributed by atoms with Crippen LogP contribution >= 0.6 is 11.6 Å². The molecule has 2 heterocycles. The molecule has 0 aliphatic rings. The molecule has 2 aromatic rings. The van der Waals surface area contributed by atoms with Gasteiger partial charge in [-0.25, -0.2) is 19.2 Å². The zero-order chi connectivity index (χ0) is 14.0. The summed E-state index contributed by atoms with van der Waals surface area (Å²) in [6.45, 7) is 0. The Kier molecular flexibility index (Phi) is 3.60. The quantitative estimate of drug-likeness (QED) is 0.561. The van der Waals surface area contributed by atoms with Gasteiger partial charge < -0.3 is 5.43 Å². The van der Waals surface area contributed by atoms with Crippen molar-refractivity contribution in [3.8, 4) is 0 Å². The molecule has 8 nitrogen and oxygen atoms in total. The average Bonchev–Trinajstić information content (AvgIpc) is 2.73. The number of hydrogen-bond donors (Lipinski definition) is 3. The number of sulfonamides is 1. The number of halogens is 1. The zero-order valence-electron chi connectivity index (χ0n) is 9.83. The summed E-state index contributed by atoms with van der Waals surface area (Å²) in [5.41, 5.74) is 2.60. The van der Waals surface area contributed by atoms with Crippen molar-refractivity contribution >= 4 is 33.1 Å². The van der Waals surface area contributed by atoms with Crippen molar-refractivity contribution in [2.24, 2.45) is 12.9 Å². The minimum Gasteiger partial charge on any atom is -0.307 e. The van der Waals surface area contributed by atoms with E-state index in [0.717, 1.165) is 6.20 Å². The number of rotatable bonds is 4. The Bertz CT molecular complexity index is 698. The highest BCUT2D eigenvalue weighted by Gasteiger charge is 2.17. The smallest absolute Gasteiger partial charge is 0.263 e. The molecule has 0 atom stereocenters. The van der Waals surface area contributed by atoms with Crippen molar-refractivity contribution in [1.82, 2.24) is 14.8 Å². The van der Waals surface area contributed by atoms with E-state index < -0.39 is 10.0 Å². The highest BCUT2D eigenvalue weighted by Crippen LogP contribution is 2.23. The predicted molar refractivity (Wildman–Crippen MR) is 71.1 cm³/mol. The summed E-state index contributed by atoms with van der Waals surface area (Å²) < 4.78 is 28.0. The third-order valence-corrected chi connectivity index (χ3v) is 3.86. The van der Waals surface area contributed by atoms with Gasteiger partial charge in [0, 0.05) is 19.4 Å². The van der Waals surface area contributed by atoms with Crippen LogP contribution in [-0.2, 0) is 17.1 Å². The maximum atomic E-state index is 12.1. The number of pyridine rings is 1. The first kappa shape index (κ1) is 13.6. The van der Waals surface area contributed by atoms with Crippen LogP contribution in [0.2, 0.25) is 5.02 Å². The lowest BCUT2D eigenvalue weighted by molar-refractivity contribution is 0.601. The summed E-state index contributed by atoms with van der Waals surface area (Å²) >= 11 is 5.83. The standard InChI is InChI=1S/C9H11ClN6O2S/c1-16-5-6(3-13-16)15-19(17,18)7-2-8(10)9(14-11)12-4-7/h2-5,15H,11H2,1H3,(H,12,14). The number of hydrazine groups is 1. The predicted octanol–water partition coefficient (Wildman–Crippen LogP) is 0.555. The van der Waals surface area contributed by atoms with E-state index in [4.69, 9.17) is 17.4 Å². The van der Waals surface area contributed by atoms with E-state index in [-0.39, 0.29) is 15.7 Å². The summed E-state index contributed by atoms with van der Waals surface area (Å²) in [6.07, 6.45) is 4.07. The summed E-state index contributed by atoms with van der Waals surface area (Å²) in [5.74, 6) is 5.36. The average molecular weight is 303 g/mol. The van der Waals surface area contributed by atoms with Crippen LogP contribution in [0.4, 0.5) is 11.5 Å². The summed E-state index contributed by atoms with van der Waals surface area (Å²) in [5, 5.41) is 3.97. The first-order valence-electron chi connectivity index (χ1n) is 5.06. The van der Waals surface area contributed by atoms with E-state index >= 15 is 0 Å². The van der Waals surface area contributed by atoms with Gasteiger partial charge >= 0.3 is 0 Å². The lowest BCUT2D eigenvalue weighted by Gasteiger charge is -2.07. The molecule has 10 heteroatoms. The fraction of sp³-hybridized carbons (Fsp3) is 0.111. The SMILES string of the molecule is Cn1cc(NS(=O)(=O)c2cnc(NN)c(Cl)c2)cn1. The topological polar surface area (TPSA) is 115 Å². The molecular formula is C9H11ClN6O2S. The van der Waals surface area contributed by atoms with Crippen LogP contribution in [0.15, 0.2) is 29.6 Å². The Morgan fingerprint density at radius 1 is 1.42 bits per heavy atom. The first-order valence-corrected chi connectivity index (χ1v) is 6.92. The van der Waals surface area contributed by atoms with Gasteiger partial charge in [0.2, 0.25) is 0 Å². The van der Waals surface area contributed by atoms with Crippen molar-refractivity contribution in [2.45, 2.75) is 4.90 Å². The molecule has 0 aromatic carbocycles. The van der Waals surface area contributed by atoms with Gasteiger partial charge in [0.05, 0.1) is 16.9 Å². The monoisotopic (exact) mass is 302 g/mol. The van der Waals surface area contributed by atoms with Gasteiger partial charge in [0.25, 0.3) is 10.0 Å². The second-order valence-corrected chi connectivity index (χ2v) is 5.74. The lowest BCUT2D eigenvalue weighted by Crippen LogP contribution is -2.14. The highest BCUT2D eigenvalue weighted by atomic mass is 35.5. The molecule has 0 saturated carbocycles. The number of nitrogens with two attached hydrogens (primary N) is 1. The molecular weight excluding hydrogens is 292 g/mol. The number of hydrogen-bond acceptors (Lipinski definition) is 6. The Labute approximate surface area is 114 Å². The van der Waals surface area contributed by atoms with Crippen molar-refractivity contribution in [2.75, 3.05) is 10.1 Å². The maximum absolute atomic E-state index is 12.1. The van der Waals surface area contributed by atoms with Gasteiger partial charge in [-0.05, 0) is 6.07 Å². The molecule has 0 unspecified atom stereocenters.